The van der Waals surface area contributed by atoms with E-state index in [1.807, 2.05) is 26.0 Å². The van der Waals surface area contributed by atoms with Gasteiger partial charge >= 0.3 is 11.9 Å². The van der Waals surface area contributed by atoms with Crippen molar-refractivity contribution in [1.82, 2.24) is 4.57 Å². The molecule has 0 saturated carbocycles. The average Bonchev–Trinajstić information content (AvgIpc) is 3.60. The van der Waals surface area contributed by atoms with Crippen molar-refractivity contribution < 1.29 is 33.0 Å². The molecular weight excluding hydrogens is 596 g/mol. The molecule has 234 valence electrons. The highest BCUT2D eigenvalue weighted by Crippen LogP contribution is 2.36. The number of hydrogen-bond donors (Lipinski definition) is 0. The number of ether oxygens (including phenoxy) is 4. The minimum Gasteiger partial charge on any atom is -0.493 e. The molecule has 0 N–H and O–H groups in total. The van der Waals surface area contributed by atoms with Crippen LogP contribution in [-0.2, 0) is 14.3 Å². The van der Waals surface area contributed by atoms with Gasteiger partial charge in [0.25, 0.3) is 5.56 Å². The third-order valence-corrected chi connectivity index (χ3v) is 7.92. The molecule has 5 rings (SSSR count). The van der Waals surface area contributed by atoms with E-state index in [0.717, 1.165) is 0 Å². The van der Waals surface area contributed by atoms with Crippen LogP contribution in [0.3, 0.4) is 0 Å². The van der Waals surface area contributed by atoms with Gasteiger partial charge in [0, 0.05) is 11.6 Å². The Kier molecular flexibility index (Phi) is 9.38. The molecule has 0 bridgehead atoms. The van der Waals surface area contributed by atoms with Gasteiger partial charge in [-0.3, -0.25) is 9.36 Å². The summed E-state index contributed by atoms with van der Waals surface area (Å²) in [6.45, 7) is 9.48. The van der Waals surface area contributed by atoms with Gasteiger partial charge < -0.3 is 23.4 Å². The zero-order valence-electron chi connectivity index (χ0n) is 25.9. The molecule has 1 atom stereocenters. The Balaban J connectivity index is 1.60. The first kappa shape index (κ1) is 31.5. The molecule has 0 amide bonds. The fourth-order valence-electron chi connectivity index (χ4n) is 5.04. The Morgan fingerprint density at radius 1 is 1.02 bits per heavy atom. The molecule has 1 aliphatic heterocycles. The summed E-state index contributed by atoms with van der Waals surface area (Å²) in [5.41, 5.74) is 2.10. The molecule has 1 aliphatic rings. The first-order valence-corrected chi connectivity index (χ1v) is 15.4. The van der Waals surface area contributed by atoms with Crippen LogP contribution in [0, 0.1) is 0 Å². The average molecular weight is 631 g/mol. The molecule has 0 aliphatic carbocycles. The maximum atomic E-state index is 14.0. The molecular formula is C34H34N2O8S. The van der Waals surface area contributed by atoms with Crippen molar-refractivity contribution in [2.75, 3.05) is 20.3 Å². The quantitative estimate of drug-likeness (QED) is 0.224. The number of rotatable bonds is 10. The van der Waals surface area contributed by atoms with Gasteiger partial charge in [0.05, 0.1) is 53.8 Å². The number of allylic oxidation sites excluding steroid dienone is 1. The number of benzene rings is 2. The largest absolute Gasteiger partial charge is 0.493 e. The number of esters is 2. The van der Waals surface area contributed by atoms with Crippen molar-refractivity contribution in [2.24, 2.45) is 4.99 Å². The lowest BCUT2D eigenvalue weighted by Crippen LogP contribution is -2.40. The van der Waals surface area contributed by atoms with Gasteiger partial charge in [-0.25, -0.2) is 14.6 Å². The Morgan fingerprint density at radius 2 is 1.78 bits per heavy atom. The van der Waals surface area contributed by atoms with Gasteiger partial charge in [0.1, 0.15) is 11.5 Å². The Labute approximate surface area is 263 Å². The molecule has 3 heterocycles. The van der Waals surface area contributed by atoms with Gasteiger partial charge in [0.15, 0.2) is 16.3 Å². The normalized spacial score (nSPS) is 14.6. The number of carbonyl (C=O) groups is 2. The van der Waals surface area contributed by atoms with E-state index >= 15 is 0 Å². The topological polar surface area (TPSA) is 119 Å². The van der Waals surface area contributed by atoms with E-state index in [1.54, 1.807) is 69.3 Å². The number of furan rings is 1. The van der Waals surface area contributed by atoms with Crippen LogP contribution in [0.25, 0.3) is 17.4 Å². The second kappa shape index (κ2) is 13.4. The Bertz CT molecular complexity index is 1960. The van der Waals surface area contributed by atoms with Crippen LogP contribution in [0.4, 0.5) is 0 Å². The lowest BCUT2D eigenvalue weighted by atomic mass is 9.95. The van der Waals surface area contributed by atoms with Crippen molar-refractivity contribution in [2.45, 2.75) is 46.8 Å². The maximum absolute atomic E-state index is 14.0. The lowest BCUT2D eigenvalue weighted by molar-refractivity contribution is -0.139. The van der Waals surface area contributed by atoms with Gasteiger partial charge in [-0.05, 0) is 76.6 Å². The molecule has 0 fully saturated rings. The summed E-state index contributed by atoms with van der Waals surface area (Å²) in [6, 6.07) is 15.0. The van der Waals surface area contributed by atoms with Gasteiger partial charge in [-0.1, -0.05) is 29.5 Å². The summed E-state index contributed by atoms with van der Waals surface area (Å²) in [5.74, 6) is 1.000. The van der Waals surface area contributed by atoms with Crippen LogP contribution in [0.1, 0.15) is 62.3 Å². The molecule has 4 aromatic rings. The van der Waals surface area contributed by atoms with Crippen molar-refractivity contribution in [3.63, 3.8) is 0 Å². The minimum atomic E-state index is -0.817. The van der Waals surface area contributed by atoms with E-state index in [-0.39, 0.29) is 30.5 Å². The summed E-state index contributed by atoms with van der Waals surface area (Å²) >= 11 is 1.19. The van der Waals surface area contributed by atoms with Crippen molar-refractivity contribution in [3.8, 4) is 22.8 Å². The minimum absolute atomic E-state index is 0.0803. The first-order valence-electron chi connectivity index (χ1n) is 14.6. The van der Waals surface area contributed by atoms with Gasteiger partial charge in [-0.15, -0.1) is 0 Å². The van der Waals surface area contributed by atoms with E-state index in [1.165, 1.54) is 23.0 Å². The smallest absolute Gasteiger partial charge is 0.338 e. The summed E-state index contributed by atoms with van der Waals surface area (Å²) in [6.07, 6.45) is 1.56. The summed E-state index contributed by atoms with van der Waals surface area (Å²) in [4.78, 5) is 44.5. The van der Waals surface area contributed by atoms with Crippen LogP contribution >= 0.6 is 11.3 Å². The second-order valence-corrected chi connectivity index (χ2v) is 11.4. The summed E-state index contributed by atoms with van der Waals surface area (Å²) in [7, 11) is 1.54. The number of thiazole rings is 1. The maximum Gasteiger partial charge on any atom is 0.338 e. The fraction of sp³-hybridized carbons (Fsp3) is 0.294. The van der Waals surface area contributed by atoms with Gasteiger partial charge in [-0.2, -0.15) is 0 Å². The number of hydrogen-bond acceptors (Lipinski definition) is 10. The van der Waals surface area contributed by atoms with E-state index < -0.39 is 18.0 Å². The highest BCUT2D eigenvalue weighted by Gasteiger charge is 2.34. The summed E-state index contributed by atoms with van der Waals surface area (Å²) < 4.78 is 29.9. The molecule has 2 aromatic heterocycles. The molecule has 2 aromatic carbocycles. The van der Waals surface area contributed by atoms with Crippen LogP contribution in [-0.4, -0.2) is 42.9 Å². The molecule has 10 nitrogen and oxygen atoms in total. The van der Waals surface area contributed by atoms with Crippen molar-refractivity contribution in [3.05, 3.63) is 102 Å². The molecule has 0 unspecified atom stereocenters. The van der Waals surface area contributed by atoms with Gasteiger partial charge in [0.2, 0.25) is 0 Å². The van der Waals surface area contributed by atoms with Crippen molar-refractivity contribution in [1.29, 1.82) is 0 Å². The predicted molar refractivity (Wildman–Crippen MR) is 169 cm³/mol. The number of aromatic nitrogens is 1. The number of nitrogens with zero attached hydrogens (tertiary/aromatic N) is 2. The van der Waals surface area contributed by atoms with E-state index in [9.17, 15) is 14.4 Å². The monoisotopic (exact) mass is 630 g/mol. The van der Waals surface area contributed by atoms with Crippen molar-refractivity contribution >= 4 is 29.4 Å². The Morgan fingerprint density at radius 3 is 2.49 bits per heavy atom. The number of methoxy groups -OCH3 is 1. The van der Waals surface area contributed by atoms with Crippen LogP contribution < -0.4 is 24.4 Å². The third-order valence-electron chi connectivity index (χ3n) is 6.94. The number of fused-ring (bicyclic) bond motifs is 1. The molecule has 11 heteroatoms. The van der Waals surface area contributed by atoms with Crippen LogP contribution in [0.15, 0.2) is 80.1 Å². The van der Waals surface area contributed by atoms with E-state index in [0.29, 0.717) is 54.7 Å². The first-order chi connectivity index (χ1) is 21.6. The highest BCUT2D eigenvalue weighted by atomic mass is 32.1. The zero-order valence-corrected chi connectivity index (χ0v) is 26.7. The molecule has 45 heavy (non-hydrogen) atoms. The predicted octanol–water partition coefficient (Wildman–Crippen LogP) is 5.03. The Hall–Kier alpha value is -4.90. The number of carbonyl (C=O) groups excluding carboxylic acids is 2. The van der Waals surface area contributed by atoms with Crippen LogP contribution in [0.5, 0.6) is 11.5 Å². The third kappa shape index (κ3) is 6.48. The molecule has 0 spiro atoms. The molecule has 0 radical (unpaired) electrons. The fourth-order valence-corrected chi connectivity index (χ4v) is 6.07. The zero-order chi connectivity index (χ0) is 32.2. The molecule has 0 saturated heterocycles. The lowest BCUT2D eigenvalue weighted by Gasteiger charge is -2.25. The highest BCUT2D eigenvalue weighted by molar-refractivity contribution is 7.07. The van der Waals surface area contributed by atoms with E-state index in [4.69, 9.17) is 23.4 Å². The SMILES string of the molecule is CCOC(=O)C1=C(C)N=c2s/c(=C/c3ccc(-c4cccc(C(=O)OCC)c4)o3)c(=O)n2[C@H]1c1ccc(OC(C)C)c(OC)c1. The van der Waals surface area contributed by atoms with E-state index in [2.05, 4.69) is 4.99 Å². The summed E-state index contributed by atoms with van der Waals surface area (Å²) in [5, 5.41) is 0. The van der Waals surface area contributed by atoms with Crippen LogP contribution in [0.2, 0.25) is 0 Å². The standard InChI is InChI=1S/C34H34N2O8S/c1-7-41-32(38)23-11-9-10-21(16-23)25-15-13-24(44-25)18-28-31(37)36-30(22-12-14-26(43-19(3)4)27(17-22)40-6)29(33(39)42-8-2)20(5)35-34(36)45-28/h9-19,30H,7-8H2,1-6H3/b28-18+/t30-/m0/s1. The second-order valence-electron chi connectivity index (χ2n) is 10.4.